The summed E-state index contributed by atoms with van der Waals surface area (Å²) < 4.78 is 19.0. The van der Waals surface area contributed by atoms with Gasteiger partial charge in [0.2, 0.25) is 0 Å². The number of hydrogen-bond acceptors (Lipinski definition) is 5. The van der Waals surface area contributed by atoms with Crippen LogP contribution in [0.4, 0.5) is 0 Å². The number of benzene rings is 2. The van der Waals surface area contributed by atoms with Crippen LogP contribution < -0.4 is 14.8 Å². The molecule has 0 saturated carbocycles. The quantitative estimate of drug-likeness (QED) is 0.568. The lowest BCUT2D eigenvalue weighted by Crippen LogP contribution is -2.24. The molecule has 5 rings (SSSR count). The predicted octanol–water partition coefficient (Wildman–Crippen LogP) is 3.86. The van der Waals surface area contributed by atoms with Gasteiger partial charge in [-0.05, 0) is 61.9 Å². The lowest BCUT2D eigenvalue weighted by Gasteiger charge is -2.15. The van der Waals surface area contributed by atoms with Gasteiger partial charge in [0, 0.05) is 24.4 Å². The zero-order valence-corrected chi connectivity index (χ0v) is 18.9. The molecular weight excluding hydrogens is 418 g/mol. The number of nitrogens with zero attached hydrogens (tertiary/aromatic N) is 2. The molecule has 1 aliphatic carbocycles. The molecule has 1 aliphatic heterocycles. The highest BCUT2D eigenvalue weighted by molar-refractivity contribution is 5.94. The summed E-state index contributed by atoms with van der Waals surface area (Å²) in [5.74, 6) is 1.18. The van der Waals surface area contributed by atoms with E-state index >= 15 is 0 Å². The number of nitrogens with one attached hydrogen (secondary N) is 1. The van der Waals surface area contributed by atoms with E-state index in [1.165, 1.54) is 0 Å². The maximum Gasteiger partial charge on any atom is 0.272 e. The number of methoxy groups -OCH3 is 1. The number of carbonyl (C=O) groups is 1. The van der Waals surface area contributed by atoms with Gasteiger partial charge in [-0.15, -0.1) is 0 Å². The second-order valence-corrected chi connectivity index (χ2v) is 8.49. The van der Waals surface area contributed by atoms with Crippen molar-refractivity contribution < 1.29 is 19.0 Å². The van der Waals surface area contributed by atoms with Gasteiger partial charge < -0.3 is 19.5 Å². The van der Waals surface area contributed by atoms with Crippen molar-refractivity contribution in [1.29, 1.82) is 0 Å². The van der Waals surface area contributed by atoms with Crippen molar-refractivity contribution >= 4 is 5.91 Å². The van der Waals surface area contributed by atoms with E-state index in [9.17, 15) is 4.79 Å². The molecule has 7 nitrogen and oxygen atoms in total. The van der Waals surface area contributed by atoms with Crippen molar-refractivity contribution in [2.24, 2.45) is 0 Å². The number of hydrogen-bond donors (Lipinski definition) is 1. The zero-order chi connectivity index (χ0) is 22.6. The highest BCUT2D eigenvalue weighted by Crippen LogP contribution is 2.30. The number of aromatic nitrogens is 2. The van der Waals surface area contributed by atoms with E-state index in [0.29, 0.717) is 30.3 Å². The number of amides is 1. The summed E-state index contributed by atoms with van der Waals surface area (Å²) in [6.07, 6.45) is 5.12. The first-order valence-electron chi connectivity index (χ1n) is 11.6. The van der Waals surface area contributed by atoms with Crippen LogP contribution in [0.3, 0.4) is 0 Å². The molecule has 33 heavy (non-hydrogen) atoms. The Labute approximate surface area is 193 Å². The van der Waals surface area contributed by atoms with E-state index in [1.54, 1.807) is 7.11 Å². The Morgan fingerprint density at radius 3 is 2.82 bits per heavy atom. The Hall–Kier alpha value is -3.32. The van der Waals surface area contributed by atoms with Gasteiger partial charge in [-0.25, -0.2) is 4.68 Å². The topological polar surface area (TPSA) is 74.6 Å². The Morgan fingerprint density at radius 2 is 2.03 bits per heavy atom. The minimum absolute atomic E-state index is 0.145. The van der Waals surface area contributed by atoms with Crippen LogP contribution in [0.1, 0.15) is 46.6 Å². The number of ether oxygens (including phenoxy) is 3. The molecule has 7 heteroatoms. The number of carbonyl (C=O) groups excluding carboxylic acids is 1. The van der Waals surface area contributed by atoms with Crippen molar-refractivity contribution in [1.82, 2.24) is 15.1 Å². The van der Waals surface area contributed by atoms with Crippen LogP contribution in [0.5, 0.6) is 11.5 Å². The van der Waals surface area contributed by atoms with Crippen LogP contribution >= 0.6 is 0 Å². The molecule has 1 amide bonds. The Balaban J connectivity index is 1.26. The smallest absolute Gasteiger partial charge is 0.272 e. The van der Waals surface area contributed by atoms with E-state index < -0.39 is 0 Å². The van der Waals surface area contributed by atoms with Crippen LogP contribution in [0, 0.1) is 0 Å². The van der Waals surface area contributed by atoms with Gasteiger partial charge in [0.1, 0.15) is 6.61 Å². The number of rotatable bonds is 8. The van der Waals surface area contributed by atoms with Crippen LogP contribution in [0.15, 0.2) is 48.5 Å². The first-order chi connectivity index (χ1) is 16.2. The summed E-state index contributed by atoms with van der Waals surface area (Å²) in [7, 11) is 1.62. The summed E-state index contributed by atoms with van der Waals surface area (Å²) in [6, 6.07) is 15.7. The zero-order valence-electron chi connectivity index (χ0n) is 18.9. The largest absolute Gasteiger partial charge is 0.493 e. The fraction of sp³-hybridized carbons (Fsp3) is 0.385. The predicted molar refractivity (Wildman–Crippen MR) is 124 cm³/mol. The normalized spacial score (nSPS) is 17.1. The van der Waals surface area contributed by atoms with Crippen LogP contribution in [0.25, 0.3) is 5.69 Å². The SMILES string of the molecule is COc1cc(CNC(=O)c2nn(-c3ccccc3)c3c2CCC3)ccc1OCC1CCCO1. The fourth-order valence-corrected chi connectivity index (χ4v) is 4.57. The average molecular weight is 448 g/mol. The van der Waals surface area contributed by atoms with Gasteiger partial charge in [-0.3, -0.25) is 4.79 Å². The molecule has 2 heterocycles. The molecule has 1 saturated heterocycles. The summed E-state index contributed by atoms with van der Waals surface area (Å²) in [5.41, 5.74) is 4.64. The first kappa shape index (κ1) is 21.5. The van der Waals surface area contributed by atoms with Crippen LogP contribution in [-0.4, -0.2) is 42.1 Å². The van der Waals surface area contributed by atoms with E-state index in [0.717, 1.165) is 61.2 Å². The molecule has 172 valence electrons. The molecule has 1 aromatic heterocycles. The molecule has 2 aromatic carbocycles. The lowest BCUT2D eigenvalue weighted by atomic mass is 10.1. The molecule has 1 unspecified atom stereocenters. The Bertz CT molecular complexity index is 1120. The first-order valence-corrected chi connectivity index (χ1v) is 11.6. The van der Waals surface area contributed by atoms with Gasteiger partial charge in [-0.1, -0.05) is 24.3 Å². The van der Waals surface area contributed by atoms with E-state index in [1.807, 2.05) is 53.2 Å². The van der Waals surface area contributed by atoms with Crippen molar-refractivity contribution in [3.05, 3.63) is 71.0 Å². The van der Waals surface area contributed by atoms with Crippen molar-refractivity contribution in [2.45, 2.75) is 44.8 Å². The molecular formula is C26H29N3O4. The summed E-state index contributed by atoms with van der Waals surface area (Å²) in [4.78, 5) is 13.0. The van der Waals surface area contributed by atoms with Gasteiger partial charge in [0.05, 0.1) is 18.9 Å². The minimum atomic E-state index is -0.152. The van der Waals surface area contributed by atoms with Crippen LogP contribution in [0.2, 0.25) is 0 Å². The summed E-state index contributed by atoms with van der Waals surface area (Å²) in [5, 5.41) is 7.70. The highest BCUT2D eigenvalue weighted by Gasteiger charge is 2.27. The van der Waals surface area contributed by atoms with Crippen LogP contribution in [-0.2, 0) is 24.1 Å². The van der Waals surface area contributed by atoms with Gasteiger partial charge in [0.15, 0.2) is 17.2 Å². The van der Waals surface area contributed by atoms with Gasteiger partial charge >= 0.3 is 0 Å². The minimum Gasteiger partial charge on any atom is -0.493 e. The Morgan fingerprint density at radius 1 is 1.15 bits per heavy atom. The van der Waals surface area contributed by atoms with E-state index in [4.69, 9.17) is 14.2 Å². The highest BCUT2D eigenvalue weighted by atomic mass is 16.5. The fourth-order valence-electron chi connectivity index (χ4n) is 4.57. The molecule has 3 aromatic rings. The van der Waals surface area contributed by atoms with Crippen molar-refractivity contribution in [3.63, 3.8) is 0 Å². The molecule has 1 N–H and O–H groups in total. The molecule has 1 fully saturated rings. The van der Waals surface area contributed by atoms with Gasteiger partial charge in [0.25, 0.3) is 5.91 Å². The molecule has 2 aliphatic rings. The maximum atomic E-state index is 13.0. The standard InChI is InChI=1S/C26H29N3O4/c1-31-24-15-18(12-13-23(24)33-17-20-9-6-14-32-20)16-27-26(30)25-21-10-5-11-22(21)29(28-25)19-7-3-2-4-8-19/h2-4,7-8,12-13,15,20H,5-6,9-11,14,16-17H2,1H3,(H,27,30). The summed E-state index contributed by atoms with van der Waals surface area (Å²) >= 11 is 0. The molecule has 1 atom stereocenters. The Kier molecular flexibility index (Phi) is 6.30. The monoisotopic (exact) mass is 447 g/mol. The lowest BCUT2D eigenvalue weighted by molar-refractivity contribution is 0.0669. The number of fused-ring (bicyclic) bond motifs is 1. The second kappa shape index (κ2) is 9.67. The maximum absolute atomic E-state index is 13.0. The molecule has 0 radical (unpaired) electrons. The van der Waals surface area contributed by atoms with E-state index in [-0.39, 0.29) is 12.0 Å². The third-order valence-corrected chi connectivity index (χ3v) is 6.28. The average Bonchev–Trinajstić information content (AvgIpc) is 3.60. The van der Waals surface area contributed by atoms with Crippen molar-refractivity contribution in [2.75, 3.05) is 20.3 Å². The second-order valence-electron chi connectivity index (χ2n) is 8.49. The summed E-state index contributed by atoms with van der Waals surface area (Å²) in [6.45, 7) is 1.70. The molecule has 0 bridgehead atoms. The third-order valence-electron chi connectivity index (χ3n) is 6.28. The van der Waals surface area contributed by atoms with Gasteiger partial charge in [-0.2, -0.15) is 5.10 Å². The van der Waals surface area contributed by atoms with E-state index in [2.05, 4.69) is 10.4 Å². The van der Waals surface area contributed by atoms with Crippen molar-refractivity contribution in [3.8, 4) is 17.2 Å². The molecule has 0 spiro atoms. The third kappa shape index (κ3) is 4.59. The number of para-hydroxylation sites is 1.